The zero-order chi connectivity index (χ0) is 22.3. The quantitative estimate of drug-likeness (QED) is 0.364. The number of hydrogen-bond donors (Lipinski definition) is 2. The van der Waals surface area contributed by atoms with Gasteiger partial charge in [0, 0.05) is 15.5 Å². The Hall–Kier alpha value is -2.74. The SMILES string of the molecule is Cc1ccc(Cl)c([C@H](C)C(=O)Nn2c(=S)[nH]c3sc(C)c(-c4ccccc4)c3c2=O)c1. The summed E-state index contributed by atoms with van der Waals surface area (Å²) >= 11 is 13.1. The van der Waals surface area contributed by atoms with E-state index < -0.39 is 5.92 Å². The lowest BCUT2D eigenvalue weighted by molar-refractivity contribution is -0.118. The molecule has 0 saturated carbocycles. The molecular formula is C23H20ClN3O2S2. The standard InChI is InChI=1S/C23H20ClN3O2S2/c1-12-9-10-17(24)16(11-12)13(2)20(28)26-27-22(29)19-18(15-7-5-4-6-8-15)14(3)31-21(19)25-23(27)30/h4-11,13H,1-3H3,(H,25,30)(H,26,28)/t13-/m0/s1. The van der Waals surface area contributed by atoms with Crippen LogP contribution >= 0.6 is 35.2 Å². The van der Waals surface area contributed by atoms with Gasteiger partial charge in [-0.2, -0.15) is 4.68 Å². The number of aromatic amines is 1. The summed E-state index contributed by atoms with van der Waals surface area (Å²) < 4.78 is 1.24. The smallest absolute Gasteiger partial charge is 0.282 e. The number of fused-ring (bicyclic) bond motifs is 1. The van der Waals surface area contributed by atoms with E-state index in [0.717, 1.165) is 26.2 Å². The zero-order valence-corrected chi connectivity index (χ0v) is 19.5. The highest BCUT2D eigenvalue weighted by Crippen LogP contribution is 2.35. The number of thiophene rings is 1. The Balaban J connectivity index is 1.80. The first-order valence-corrected chi connectivity index (χ1v) is 11.3. The van der Waals surface area contributed by atoms with Crippen LogP contribution in [0, 0.1) is 18.6 Å². The number of aromatic nitrogens is 2. The number of aryl methyl sites for hydroxylation is 2. The number of benzene rings is 2. The van der Waals surface area contributed by atoms with E-state index in [1.807, 2.05) is 56.3 Å². The minimum Gasteiger partial charge on any atom is -0.322 e. The molecule has 1 amide bonds. The summed E-state index contributed by atoms with van der Waals surface area (Å²) in [7, 11) is 0. The van der Waals surface area contributed by atoms with Crippen molar-refractivity contribution in [1.29, 1.82) is 0 Å². The van der Waals surface area contributed by atoms with Crippen LogP contribution in [0.2, 0.25) is 5.02 Å². The Labute approximate surface area is 193 Å². The van der Waals surface area contributed by atoms with Crippen molar-refractivity contribution in [3.63, 3.8) is 0 Å². The van der Waals surface area contributed by atoms with Gasteiger partial charge < -0.3 is 4.98 Å². The number of nitrogens with zero attached hydrogens (tertiary/aromatic N) is 1. The molecule has 0 unspecified atom stereocenters. The fourth-order valence-corrected chi connectivity index (χ4v) is 5.23. The first kappa shape index (κ1) is 21.5. The number of rotatable bonds is 4. The van der Waals surface area contributed by atoms with Crippen molar-refractivity contribution in [3.8, 4) is 11.1 Å². The molecule has 5 nitrogen and oxygen atoms in total. The van der Waals surface area contributed by atoms with E-state index in [2.05, 4.69) is 10.4 Å². The third-order valence-corrected chi connectivity index (χ3v) is 6.87. The Morgan fingerprint density at radius 3 is 2.61 bits per heavy atom. The molecule has 2 N–H and O–H groups in total. The fourth-order valence-electron chi connectivity index (χ4n) is 3.59. The van der Waals surface area contributed by atoms with Crippen LogP contribution in [0.5, 0.6) is 0 Å². The molecule has 158 valence electrons. The molecule has 0 aliphatic heterocycles. The summed E-state index contributed by atoms with van der Waals surface area (Å²) in [6, 6.07) is 15.2. The van der Waals surface area contributed by atoms with Crippen LogP contribution in [0.1, 0.15) is 28.8 Å². The second-order valence-corrected chi connectivity index (χ2v) is 9.42. The lowest BCUT2D eigenvalue weighted by Gasteiger charge is -2.16. The van der Waals surface area contributed by atoms with Crippen molar-refractivity contribution < 1.29 is 4.79 Å². The average molecular weight is 470 g/mol. The number of carbonyl (C=O) groups is 1. The predicted octanol–water partition coefficient (Wildman–Crippen LogP) is 5.93. The van der Waals surface area contributed by atoms with Crippen LogP contribution < -0.4 is 11.0 Å². The van der Waals surface area contributed by atoms with Gasteiger partial charge in [0.05, 0.1) is 11.3 Å². The highest BCUT2D eigenvalue weighted by molar-refractivity contribution is 7.71. The minimum absolute atomic E-state index is 0.134. The fraction of sp³-hybridized carbons (Fsp3) is 0.174. The number of halogens is 1. The van der Waals surface area contributed by atoms with Crippen LogP contribution in [-0.4, -0.2) is 15.6 Å². The summed E-state index contributed by atoms with van der Waals surface area (Å²) in [5.74, 6) is -0.941. The molecule has 0 radical (unpaired) electrons. The maximum atomic E-state index is 13.4. The van der Waals surface area contributed by atoms with E-state index in [0.29, 0.717) is 20.8 Å². The molecule has 0 aliphatic rings. The topological polar surface area (TPSA) is 66.9 Å². The van der Waals surface area contributed by atoms with Crippen molar-refractivity contribution in [2.45, 2.75) is 26.7 Å². The van der Waals surface area contributed by atoms with Gasteiger partial charge in [-0.1, -0.05) is 59.6 Å². The van der Waals surface area contributed by atoms with E-state index in [4.69, 9.17) is 23.8 Å². The first-order valence-electron chi connectivity index (χ1n) is 9.68. The zero-order valence-electron chi connectivity index (χ0n) is 17.2. The molecule has 2 aromatic heterocycles. The number of H-pyrrole nitrogens is 1. The van der Waals surface area contributed by atoms with E-state index in [9.17, 15) is 9.59 Å². The van der Waals surface area contributed by atoms with Crippen LogP contribution in [0.25, 0.3) is 21.3 Å². The van der Waals surface area contributed by atoms with Crippen LogP contribution in [-0.2, 0) is 4.79 Å². The lowest BCUT2D eigenvalue weighted by atomic mass is 9.99. The minimum atomic E-state index is -0.567. The van der Waals surface area contributed by atoms with Crippen molar-refractivity contribution in [2.75, 3.05) is 5.43 Å². The highest BCUT2D eigenvalue weighted by Gasteiger charge is 2.22. The van der Waals surface area contributed by atoms with E-state index >= 15 is 0 Å². The molecule has 0 saturated heterocycles. The molecule has 1 atom stereocenters. The van der Waals surface area contributed by atoms with Crippen LogP contribution in [0.15, 0.2) is 53.3 Å². The molecule has 31 heavy (non-hydrogen) atoms. The second-order valence-electron chi connectivity index (χ2n) is 7.40. The Kier molecular flexibility index (Phi) is 5.83. The van der Waals surface area contributed by atoms with Gasteiger partial charge in [-0.25, -0.2) is 0 Å². The lowest BCUT2D eigenvalue weighted by Crippen LogP contribution is -2.36. The third-order valence-electron chi connectivity index (χ3n) is 5.22. The van der Waals surface area contributed by atoms with Crippen LogP contribution in [0.4, 0.5) is 0 Å². The number of nitrogens with one attached hydrogen (secondary N) is 2. The molecule has 8 heteroatoms. The molecule has 0 fully saturated rings. The van der Waals surface area contributed by atoms with Gasteiger partial charge >= 0.3 is 0 Å². The first-order chi connectivity index (χ1) is 14.8. The maximum absolute atomic E-state index is 13.4. The predicted molar refractivity (Wildman–Crippen MR) is 130 cm³/mol. The van der Waals surface area contributed by atoms with E-state index in [1.54, 1.807) is 13.0 Å². The summed E-state index contributed by atoms with van der Waals surface area (Å²) in [6.07, 6.45) is 0. The van der Waals surface area contributed by atoms with Crippen molar-refractivity contribution >= 4 is 51.3 Å². The van der Waals surface area contributed by atoms with E-state index in [-0.39, 0.29) is 16.2 Å². The summed E-state index contributed by atoms with van der Waals surface area (Å²) in [6.45, 7) is 5.65. The molecule has 0 spiro atoms. The average Bonchev–Trinajstić information content (AvgIpc) is 3.08. The normalized spacial score (nSPS) is 12.1. The van der Waals surface area contributed by atoms with Gasteiger partial charge in [0.2, 0.25) is 10.7 Å². The van der Waals surface area contributed by atoms with Crippen LogP contribution in [0.3, 0.4) is 0 Å². The van der Waals surface area contributed by atoms with Gasteiger partial charge in [-0.3, -0.25) is 15.0 Å². The molecule has 4 aromatic rings. The largest absolute Gasteiger partial charge is 0.322 e. The third kappa shape index (κ3) is 3.96. The highest BCUT2D eigenvalue weighted by atomic mass is 35.5. The van der Waals surface area contributed by atoms with Gasteiger partial charge in [-0.15, -0.1) is 11.3 Å². The number of hydrogen-bond acceptors (Lipinski definition) is 4. The summed E-state index contributed by atoms with van der Waals surface area (Å²) in [4.78, 5) is 31.2. The second kappa shape index (κ2) is 8.42. The number of amides is 1. The van der Waals surface area contributed by atoms with Crippen molar-refractivity contribution in [3.05, 3.63) is 84.7 Å². The van der Waals surface area contributed by atoms with Gasteiger partial charge in [-0.05, 0) is 50.2 Å². The number of carbonyl (C=O) groups excluding carboxylic acids is 1. The van der Waals surface area contributed by atoms with Gasteiger partial charge in [0.1, 0.15) is 4.83 Å². The summed E-state index contributed by atoms with van der Waals surface area (Å²) in [5, 5.41) is 1.00. The van der Waals surface area contributed by atoms with Crippen molar-refractivity contribution in [2.24, 2.45) is 0 Å². The molecule has 2 aromatic carbocycles. The monoisotopic (exact) mass is 469 g/mol. The molecule has 0 aliphatic carbocycles. The van der Waals surface area contributed by atoms with Crippen molar-refractivity contribution in [1.82, 2.24) is 9.66 Å². The molecular weight excluding hydrogens is 450 g/mol. The maximum Gasteiger partial charge on any atom is 0.282 e. The van der Waals surface area contributed by atoms with Gasteiger partial charge in [0.25, 0.3) is 5.56 Å². The molecule has 4 rings (SSSR count). The summed E-state index contributed by atoms with van der Waals surface area (Å²) in [5.41, 5.74) is 5.79. The van der Waals surface area contributed by atoms with E-state index in [1.165, 1.54) is 11.3 Å². The Morgan fingerprint density at radius 2 is 1.90 bits per heavy atom. The molecule has 0 bridgehead atoms. The Morgan fingerprint density at radius 1 is 1.19 bits per heavy atom. The van der Waals surface area contributed by atoms with Gasteiger partial charge in [0.15, 0.2) is 0 Å². The Bertz CT molecular complexity index is 1420. The molecule has 2 heterocycles.